The van der Waals surface area contributed by atoms with E-state index in [1.807, 2.05) is 0 Å². The lowest BCUT2D eigenvalue weighted by Gasteiger charge is -2.32. The summed E-state index contributed by atoms with van der Waals surface area (Å²) in [5.74, 6) is 2.38. The minimum Gasteiger partial charge on any atom is -0.461 e. The first-order valence-electron chi connectivity index (χ1n) is 8.82. The Labute approximate surface area is 155 Å². The van der Waals surface area contributed by atoms with Crippen LogP contribution >= 0.6 is 12.4 Å². The van der Waals surface area contributed by atoms with Crippen LogP contribution in [0.15, 0.2) is 10.8 Å². The molecule has 4 atom stereocenters. The van der Waals surface area contributed by atoms with Gasteiger partial charge in [0.25, 0.3) is 0 Å². The first-order valence-corrected chi connectivity index (χ1v) is 8.82. The Bertz CT molecular complexity index is 575. The van der Waals surface area contributed by atoms with Crippen LogP contribution in [0.1, 0.15) is 68.6 Å². The Hall–Kier alpha value is -1.40. The van der Waals surface area contributed by atoms with Crippen molar-refractivity contribution in [1.29, 1.82) is 0 Å². The Balaban J connectivity index is 0.000000270. The lowest BCUT2D eigenvalue weighted by Crippen LogP contribution is -2.34. The molecule has 0 aliphatic heterocycles. The molecule has 0 saturated heterocycles. The summed E-state index contributed by atoms with van der Waals surface area (Å²) in [6.45, 7) is 6.65. The van der Waals surface area contributed by atoms with E-state index in [0.717, 1.165) is 12.8 Å². The van der Waals surface area contributed by atoms with Crippen molar-refractivity contribution in [2.45, 2.75) is 52.4 Å². The molecular weight excluding hydrogens is 344 g/mol. The van der Waals surface area contributed by atoms with Crippen LogP contribution in [0.2, 0.25) is 0 Å². The van der Waals surface area contributed by atoms with Gasteiger partial charge in [-0.15, -0.1) is 12.4 Å². The first kappa shape index (κ1) is 21.6. The second-order valence-electron chi connectivity index (χ2n) is 6.78. The summed E-state index contributed by atoms with van der Waals surface area (Å²) in [7, 11) is 0. The maximum atomic E-state index is 11.5. The van der Waals surface area contributed by atoms with Crippen LogP contribution in [-0.2, 0) is 9.53 Å². The quantitative estimate of drug-likeness (QED) is 0.796. The van der Waals surface area contributed by atoms with E-state index in [1.165, 1.54) is 19.2 Å². The predicted octanol–water partition coefficient (Wildman–Crippen LogP) is 3.35. The molecule has 0 bridgehead atoms. The molecule has 2 N–H and O–H groups in total. The molecule has 142 valence electrons. The van der Waals surface area contributed by atoms with E-state index >= 15 is 0 Å². The third kappa shape index (κ3) is 5.05. The number of ketones is 1. The van der Waals surface area contributed by atoms with Crippen LogP contribution in [-0.4, -0.2) is 29.9 Å². The molecule has 2 saturated carbocycles. The highest BCUT2D eigenvalue weighted by Gasteiger charge is 2.35. The fourth-order valence-corrected chi connectivity index (χ4v) is 3.22. The normalized spacial score (nSPS) is 26.9. The van der Waals surface area contributed by atoms with Gasteiger partial charge in [-0.3, -0.25) is 4.79 Å². The van der Waals surface area contributed by atoms with E-state index in [1.54, 1.807) is 6.92 Å². The van der Waals surface area contributed by atoms with Crippen LogP contribution in [0, 0.1) is 17.8 Å². The predicted molar refractivity (Wildman–Crippen MR) is 96.8 cm³/mol. The van der Waals surface area contributed by atoms with E-state index in [4.69, 9.17) is 14.9 Å². The fourth-order valence-electron chi connectivity index (χ4n) is 3.22. The summed E-state index contributed by atoms with van der Waals surface area (Å²) in [5.41, 5.74) is 5.55. The number of carbonyl (C=O) groups excluding carboxylic acids is 2. The van der Waals surface area contributed by atoms with E-state index in [-0.39, 0.29) is 30.7 Å². The Morgan fingerprint density at radius 2 is 1.92 bits per heavy atom. The number of nitrogens with zero attached hydrogens (tertiary/aromatic N) is 1. The lowest BCUT2D eigenvalue weighted by molar-refractivity contribution is -0.126. The molecule has 25 heavy (non-hydrogen) atoms. The van der Waals surface area contributed by atoms with Crippen molar-refractivity contribution in [3.8, 4) is 0 Å². The number of hydrogen-bond acceptors (Lipinski definition) is 6. The smallest absolute Gasteiger partial charge is 0.360 e. The number of hydrogen-bond donors (Lipinski definition) is 1. The number of Topliss-reactive ketones (excluding diaryl/α,β-unsaturated/α-hetero) is 1. The van der Waals surface area contributed by atoms with E-state index in [9.17, 15) is 9.59 Å². The zero-order valence-electron chi connectivity index (χ0n) is 15.2. The topological polar surface area (TPSA) is 95.4 Å². The molecule has 0 aromatic carbocycles. The monoisotopic (exact) mass is 372 g/mol. The van der Waals surface area contributed by atoms with Gasteiger partial charge in [0.1, 0.15) is 11.5 Å². The highest BCUT2D eigenvalue weighted by molar-refractivity contribution is 5.88. The van der Waals surface area contributed by atoms with Gasteiger partial charge >= 0.3 is 5.97 Å². The number of oxazole rings is 1. The van der Waals surface area contributed by atoms with Gasteiger partial charge in [0.15, 0.2) is 12.1 Å². The summed E-state index contributed by atoms with van der Waals surface area (Å²) in [6, 6.07) is 0. The Morgan fingerprint density at radius 3 is 2.28 bits per heavy atom. The van der Waals surface area contributed by atoms with Gasteiger partial charge in [0.2, 0.25) is 0 Å². The van der Waals surface area contributed by atoms with Crippen molar-refractivity contribution < 1.29 is 18.7 Å². The molecule has 4 unspecified atom stereocenters. The van der Waals surface area contributed by atoms with Gasteiger partial charge in [0, 0.05) is 11.8 Å². The minimum atomic E-state index is -0.375. The summed E-state index contributed by atoms with van der Waals surface area (Å²) in [5, 5.41) is 0. The van der Waals surface area contributed by atoms with Crippen LogP contribution in [0.5, 0.6) is 0 Å². The lowest BCUT2D eigenvalue weighted by atomic mass is 9.72. The number of esters is 1. The van der Waals surface area contributed by atoms with Gasteiger partial charge in [-0.05, 0) is 44.4 Å². The van der Waals surface area contributed by atoms with Crippen LogP contribution in [0.25, 0.3) is 0 Å². The molecule has 7 heteroatoms. The standard InChI is InChI=1S/C11H15NO3.C7H13NO.ClH/c1-3-14-11(13)9-10(15-6-12-9)8-5-4-7(8)2;1-5-2-3-6(5)7(9)4-8;/h6-8H,3-5H2,1-2H3;5-6H,2-4,8H2,1H3;1H. The third-order valence-electron chi connectivity index (χ3n) is 5.25. The number of aromatic nitrogens is 1. The molecule has 2 aliphatic carbocycles. The molecule has 2 aliphatic rings. The van der Waals surface area contributed by atoms with Crippen LogP contribution in [0.4, 0.5) is 0 Å². The number of halogens is 1. The molecule has 1 aromatic rings. The second-order valence-corrected chi connectivity index (χ2v) is 6.78. The van der Waals surface area contributed by atoms with Crippen LogP contribution in [0.3, 0.4) is 0 Å². The van der Waals surface area contributed by atoms with E-state index in [2.05, 4.69) is 18.8 Å². The zero-order chi connectivity index (χ0) is 17.7. The Kier molecular flexibility index (Phi) is 8.59. The number of ether oxygens (including phenoxy) is 1. The number of rotatable bonds is 5. The molecule has 2 fully saturated rings. The summed E-state index contributed by atoms with van der Waals surface area (Å²) >= 11 is 0. The van der Waals surface area contributed by atoms with Crippen molar-refractivity contribution in [2.24, 2.45) is 23.5 Å². The number of carbonyl (C=O) groups is 2. The van der Waals surface area contributed by atoms with Crippen molar-refractivity contribution in [3.05, 3.63) is 17.8 Å². The highest BCUT2D eigenvalue weighted by Crippen LogP contribution is 2.43. The van der Waals surface area contributed by atoms with Crippen molar-refractivity contribution in [3.63, 3.8) is 0 Å². The fraction of sp³-hybridized carbons (Fsp3) is 0.722. The molecule has 1 aromatic heterocycles. The van der Waals surface area contributed by atoms with Gasteiger partial charge in [-0.25, -0.2) is 9.78 Å². The van der Waals surface area contributed by atoms with Gasteiger partial charge in [-0.1, -0.05) is 13.8 Å². The van der Waals surface area contributed by atoms with Crippen molar-refractivity contribution >= 4 is 24.2 Å². The Morgan fingerprint density at radius 1 is 1.24 bits per heavy atom. The highest BCUT2D eigenvalue weighted by atomic mass is 35.5. The van der Waals surface area contributed by atoms with E-state index < -0.39 is 0 Å². The van der Waals surface area contributed by atoms with Gasteiger partial charge in [-0.2, -0.15) is 0 Å². The largest absolute Gasteiger partial charge is 0.461 e. The summed E-state index contributed by atoms with van der Waals surface area (Å²) < 4.78 is 10.2. The summed E-state index contributed by atoms with van der Waals surface area (Å²) in [4.78, 5) is 26.3. The summed E-state index contributed by atoms with van der Waals surface area (Å²) in [6.07, 6.45) is 5.86. The van der Waals surface area contributed by atoms with Gasteiger partial charge in [0.05, 0.1) is 13.2 Å². The SMILES string of the molecule is CC1CCC1C(=O)CN.CCOC(=O)c1ncoc1C1CCC1C.Cl. The first-order chi connectivity index (χ1) is 11.5. The van der Waals surface area contributed by atoms with Crippen LogP contribution < -0.4 is 5.73 Å². The average Bonchev–Trinajstić information content (AvgIpc) is 3.01. The zero-order valence-corrected chi connectivity index (χ0v) is 16.0. The molecule has 1 heterocycles. The molecule has 0 radical (unpaired) electrons. The average molecular weight is 373 g/mol. The molecular formula is C18H29ClN2O4. The van der Waals surface area contributed by atoms with Crippen molar-refractivity contribution in [2.75, 3.05) is 13.2 Å². The maximum Gasteiger partial charge on any atom is 0.360 e. The maximum absolute atomic E-state index is 11.5. The molecule has 0 amide bonds. The molecule has 6 nitrogen and oxygen atoms in total. The minimum absolute atomic E-state index is 0. The third-order valence-corrected chi connectivity index (χ3v) is 5.25. The molecule has 0 spiro atoms. The van der Waals surface area contributed by atoms with Gasteiger partial charge < -0.3 is 14.9 Å². The second kappa shape index (κ2) is 9.92. The number of nitrogens with two attached hydrogens (primary N) is 1. The van der Waals surface area contributed by atoms with Crippen molar-refractivity contribution in [1.82, 2.24) is 4.98 Å². The van der Waals surface area contributed by atoms with E-state index in [0.29, 0.717) is 41.7 Å². The molecule has 3 rings (SSSR count).